The van der Waals surface area contributed by atoms with Crippen LogP contribution >= 0.6 is 0 Å². The number of benzene rings is 5. The van der Waals surface area contributed by atoms with E-state index in [4.69, 9.17) is 4.42 Å². The van der Waals surface area contributed by atoms with Crippen molar-refractivity contribution >= 4 is 54.3 Å². The summed E-state index contributed by atoms with van der Waals surface area (Å²) in [6.45, 7) is 0. The predicted molar refractivity (Wildman–Crippen MR) is 129 cm³/mol. The molecule has 0 unspecified atom stereocenters. The maximum absolute atomic E-state index is 10.8. The largest absolute Gasteiger partial charge is 0.501 e. The van der Waals surface area contributed by atoms with Gasteiger partial charge >= 0.3 is 5.95 Å². The van der Waals surface area contributed by atoms with Crippen LogP contribution in [0.25, 0.3) is 60.0 Å². The van der Waals surface area contributed by atoms with Gasteiger partial charge in [-0.3, -0.25) is 0 Å². The van der Waals surface area contributed by atoms with E-state index in [-0.39, 0.29) is 5.75 Å². The Morgan fingerprint density at radius 3 is 1.88 bits per heavy atom. The lowest BCUT2D eigenvalue weighted by Gasteiger charge is -2.12. The van der Waals surface area contributed by atoms with Crippen molar-refractivity contribution in [3.8, 4) is 17.4 Å². The molecule has 0 aliphatic heterocycles. The molecule has 152 valence electrons. The van der Waals surface area contributed by atoms with Crippen molar-refractivity contribution in [3.05, 3.63) is 91.0 Å². The number of hydrogen-bond acceptors (Lipinski definition) is 3. The minimum absolute atomic E-state index is 0.237. The Morgan fingerprint density at radius 2 is 1.12 bits per heavy atom. The van der Waals surface area contributed by atoms with E-state index in [1.165, 1.54) is 10.8 Å². The van der Waals surface area contributed by atoms with E-state index >= 15 is 0 Å². The standard InChI is InChI=1S/C28H17NO3/c30-27-24-22(32-28(27)31)15-14-21-23-19-12-6-4-10-17(19)18-11-5-7-13-20(18)25(23)29(26(21)24)16-8-2-1-3-9-16/h1-15,30-31H. The Kier molecular flexibility index (Phi) is 3.26. The predicted octanol–water partition coefficient (Wildman–Crippen LogP) is 7.25. The van der Waals surface area contributed by atoms with E-state index < -0.39 is 5.95 Å². The molecule has 0 saturated heterocycles. The van der Waals surface area contributed by atoms with Crippen LogP contribution in [-0.4, -0.2) is 14.8 Å². The van der Waals surface area contributed by atoms with Gasteiger partial charge < -0.3 is 19.2 Å². The number of fused-ring (bicyclic) bond motifs is 10. The van der Waals surface area contributed by atoms with E-state index in [0.717, 1.165) is 38.3 Å². The summed E-state index contributed by atoms with van der Waals surface area (Å²) in [5, 5.41) is 28.2. The van der Waals surface area contributed by atoms with Crippen molar-refractivity contribution in [2.24, 2.45) is 0 Å². The molecule has 0 bridgehead atoms. The zero-order valence-corrected chi connectivity index (χ0v) is 16.9. The molecule has 32 heavy (non-hydrogen) atoms. The van der Waals surface area contributed by atoms with Crippen molar-refractivity contribution < 1.29 is 14.6 Å². The maximum Gasteiger partial charge on any atom is 0.327 e. The zero-order valence-electron chi connectivity index (χ0n) is 16.9. The molecule has 0 atom stereocenters. The highest BCUT2D eigenvalue weighted by atomic mass is 16.5. The first-order valence-corrected chi connectivity index (χ1v) is 10.5. The Balaban J connectivity index is 1.91. The molecule has 0 amide bonds. The van der Waals surface area contributed by atoms with Crippen LogP contribution in [0.3, 0.4) is 0 Å². The summed E-state index contributed by atoms with van der Waals surface area (Å²) in [5.74, 6) is -0.703. The number of furan rings is 1. The molecule has 2 aromatic heterocycles. The number of rotatable bonds is 1. The number of para-hydroxylation sites is 1. The summed E-state index contributed by atoms with van der Waals surface area (Å²) in [6, 6.07) is 30.8. The van der Waals surface area contributed by atoms with Gasteiger partial charge in [-0.1, -0.05) is 66.7 Å². The number of aromatic nitrogens is 1. The molecule has 7 rings (SSSR count). The first kappa shape index (κ1) is 17.3. The number of nitrogens with zero attached hydrogens (tertiary/aromatic N) is 1. The van der Waals surface area contributed by atoms with E-state index in [9.17, 15) is 10.2 Å². The van der Waals surface area contributed by atoms with Gasteiger partial charge in [0.15, 0.2) is 0 Å². The van der Waals surface area contributed by atoms with Gasteiger partial charge in [-0.05, 0) is 40.4 Å². The van der Waals surface area contributed by atoms with E-state index in [1.54, 1.807) is 0 Å². The summed E-state index contributed by atoms with van der Waals surface area (Å²) in [4.78, 5) is 0. The maximum atomic E-state index is 10.8. The van der Waals surface area contributed by atoms with Crippen LogP contribution < -0.4 is 0 Å². The second-order valence-electron chi connectivity index (χ2n) is 8.08. The summed E-state index contributed by atoms with van der Waals surface area (Å²) >= 11 is 0. The van der Waals surface area contributed by atoms with Crippen LogP contribution in [-0.2, 0) is 0 Å². The number of hydrogen-bond donors (Lipinski definition) is 2. The molecular formula is C28H17NO3. The topological polar surface area (TPSA) is 58.5 Å². The van der Waals surface area contributed by atoms with Crippen LogP contribution in [0, 0.1) is 0 Å². The van der Waals surface area contributed by atoms with Crippen molar-refractivity contribution in [3.63, 3.8) is 0 Å². The summed E-state index contributed by atoms with van der Waals surface area (Å²) < 4.78 is 7.64. The molecule has 2 N–H and O–H groups in total. The molecule has 4 heteroatoms. The lowest BCUT2D eigenvalue weighted by atomic mass is 9.96. The highest BCUT2D eigenvalue weighted by Gasteiger charge is 2.24. The molecule has 0 aliphatic rings. The fourth-order valence-corrected chi connectivity index (χ4v) is 5.15. The molecule has 0 fully saturated rings. The van der Waals surface area contributed by atoms with Gasteiger partial charge in [-0.25, -0.2) is 0 Å². The smallest absolute Gasteiger partial charge is 0.327 e. The van der Waals surface area contributed by atoms with E-state index in [0.29, 0.717) is 11.0 Å². The number of aromatic hydroxyl groups is 2. The Labute approximate surface area is 182 Å². The highest BCUT2D eigenvalue weighted by molar-refractivity contribution is 6.34. The van der Waals surface area contributed by atoms with E-state index in [2.05, 4.69) is 65.2 Å². The third-order valence-electron chi connectivity index (χ3n) is 6.42. The lowest BCUT2D eigenvalue weighted by Crippen LogP contribution is -1.94. The molecule has 0 saturated carbocycles. The van der Waals surface area contributed by atoms with Crippen LogP contribution in [0.2, 0.25) is 0 Å². The van der Waals surface area contributed by atoms with Crippen molar-refractivity contribution in [2.45, 2.75) is 0 Å². The molecule has 0 radical (unpaired) electrons. The van der Waals surface area contributed by atoms with Gasteiger partial charge in [0, 0.05) is 21.8 Å². The van der Waals surface area contributed by atoms with Gasteiger partial charge in [0.25, 0.3) is 0 Å². The first-order valence-electron chi connectivity index (χ1n) is 10.5. The fraction of sp³-hybridized carbons (Fsp3) is 0. The average molecular weight is 415 g/mol. The third kappa shape index (κ3) is 2.06. The Bertz CT molecular complexity index is 1840. The van der Waals surface area contributed by atoms with Crippen LogP contribution in [0.1, 0.15) is 0 Å². The molecule has 7 aromatic rings. The van der Waals surface area contributed by atoms with Crippen LogP contribution in [0.15, 0.2) is 95.4 Å². The second-order valence-corrected chi connectivity index (χ2v) is 8.08. The lowest BCUT2D eigenvalue weighted by molar-refractivity contribution is 0.316. The average Bonchev–Trinajstić information content (AvgIpc) is 3.34. The Morgan fingerprint density at radius 1 is 0.531 bits per heavy atom. The first-order chi connectivity index (χ1) is 15.7. The summed E-state index contributed by atoms with van der Waals surface area (Å²) in [6.07, 6.45) is 0. The van der Waals surface area contributed by atoms with Crippen molar-refractivity contribution in [1.82, 2.24) is 4.57 Å². The van der Waals surface area contributed by atoms with Gasteiger partial charge in [0.1, 0.15) is 5.58 Å². The van der Waals surface area contributed by atoms with Gasteiger partial charge in [0.2, 0.25) is 5.75 Å². The van der Waals surface area contributed by atoms with Crippen molar-refractivity contribution in [1.29, 1.82) is 0 Å². The molecule has 5 aromatic carbocycles. The quantitative estimate of drug-likeness (QED) is 0.278. The normalized spacial score (nSPS) is 12.0. The molecule has 0 aliphatic carbocycles. The fourth-order valence-electron chi connectivity index (χ4n) is 5.15. The highest BCUT2D eigenvalue weighted by Crippen LogP contribution is 2.48. The van der Waals surface area contributed by atoms with Gasteiger partial charge in [-0.15, -0.1) is 0 Å². The van der Waals surface area contributed by atoms with Crippen LogP contribution in [0.5, 0.6) is 11.7 Å². The third-order valence-corrected chi connectivity index (χ3v) is 6.42. The SMILES string of the molecule is Oc1oc2ccc3c4c5ccccc5c5ccccc5c4n(-c4ccccc4)c3c2c1O. The monoisotopic (exact) mass is 415 g/mol. The van der Waals surface area contributed by atoms with Crippen LogP contribution in [0.4, 0.5) is 0 Å². The van der Waals surface area contributed by atoms with Gasteiger partial charge in [-0.2, -0.15) is 0 Å². The Hall–Kier alpha value is -4.44. The molecule has 4 nitrogen and oxygen atoms in total. The zero-order chi connectivity index (χ0) is 21.4. The second kappa shape index (κ2) is 6.05. The van der Waals surface area contributed by atoms with E-state index in [1.807, 2.05) is 30.3 Å². The summed E-state index contributed by atoms with van der Waals surface area (Å²) in [7, 11) is 0. The molecular weight excluding hydrogens is 398 g/mol. The molecule has 2 heterocycles. The minimum atomic E-state index is -0.466. The molecule has 0 spiro atoms. The minimum Gasteiger partial charge on any atom is -0.501 e. The van der Waals surface area contributed by atoms with Crippen molar-refractivity contribution in [2.75, 3.05) is 0 Å². The summed E-state index contributed by atoms with van der Waals surface area (Å²) in [5.41, 5.74) is 3.29. The van der Waals surface area contributed by atoms with Gasteiger partial charge in [0.05, 0.1) is 16.4 Å².